The van der Waals surface area contributed by atoms with E-state index in [-0.39, 0.29) is 45.0 Å². The second kappa shape index (κ2) is 9.83. The van der Waals surface area contributed by atoms with Crippen molar-refractivity contribution in [2.24, 2.45) is 5.92 Å². The monoisotopic (exact) mass is 593 g/mol. The van der Waals surface area contributed by atoms with Crippen LogP contribution in [0.4, 0.5) is 18.9 Å². The summed E-state index contributed by atoms with van der Waals surface area (Å²) in [6, 6.07) is 5.02. The first-order valence-electron chi connectivity index (χ1n) is 12.9. The molecule has 0 bridgehead atoms. The quantitative estimate of drug-likeness (QED) is 0.296. The third-order valence-electron chi connectivity index (χ3n) is 7.86. The number of hydrogen-bond donors (Lipinski definition) is 3. The van der Waals surface area contributed by atoms with Crippen molar-refractivity contribution >= 4 is 40.6 Å². The lowest BCUT2D eigenvalue weighted by Crippen LogP contribution is -2.38. The van der Waals surface area contributed by atoms with Crippen molar-refractivity contribution in [3.8, 4) is 5.82 Å². The fourth-order valence-electron chi connectivity index (χ4n) is 5.55. The minimum absolute atomic E-state index is 0.0290. The highest BCUT2D eigenvalue weighted by atomic mass is 35.5. The molecule has 8 nitrogen and oxygen atoms in total. The molecule has 2 fully saturated rings. The van der Waals surface area contributed by atoms with Crippen LogP contribution < -0.4 is 10.6 Å². The Morgan fingerprint density at radius 1 is 1.15 bits per heavy atom. The SMILES string of the molecule is O=C(CNC1(C2CC2)CC1)c1c(NC(=O)c2cc(C(F)(F)F)nn2-c2ncccc2Cl)c(Cl)cc2c1C(O)CC2. The van der Waals surface area contributed by atoms with Gasteiger partial charge in [0.1, 0.15) is 5.69 Å². The number of nitrogens with zero attached hydrogens (tertiary/aromatic N) is 3. The number of ketones is 1. The van der Waals surface area contributed by atoms with Crippen LogP contribution in [0.5, 0.6) is 0 Å². The molecule has 0 aliphatic heterocycles. The number of Topliss-reactive ketones (excluding diaryl/α,β-unsaturated/α-hetero) is 1. The minimum Gasteiger partial charge on any atom is -0.388 e. The molecule has 6 rings (SSSR count). The minimum atomic E-state index is -4.86. The summed E-state index contributed by atoms with van der Waals surface area (Å²) >= 11 is 12.7. The smallest absolute Gasteiger partial charge is 0.388 e. The Hall–Kier alpha value is -2.99. The number of pyridine rings is 1. The first-order valence-corrected chi connectivity index (χ1v) is 13.6. The molecule has 1 amide bonds. The maximum absolute atomic E-state index is 13.6. The molecular weight excluding hydrogens is 570 g/mol. The molecule has 3 aliphatic rings. The Morgan fingerprint density at radius 2 is 1.90 bits per heavy atom. The molecule has 3 N–H and O–H groups in total. The lowest BCUT2D eigenvalue weighted by molar-refractivity contribution is -0.141. The maximum atomic E-state index is 13.6. The number of alkyl halides is 3. The molecule has 3 aromatic rings. The molecule has 2 saturated carbocycles. The Morgan fingerprint density at radius 3 is 2.55 bits per heavy atom. The van der Waals surface area contributed by atoms with Crippen LogP contribution in [-0.2, 0) is 12.6 Å². The predicted molar refractivity (Wildman–Crippen MR) is 141 cm³/mol. The zero-order valence-electron chi connectivity index (χ0n) is 21.0. The number of carbonyl (C=O) groups excluding carboxylic acids is 2. The van der Waals surface area contributed by atoms with E-state index < -0.39 is 29.6 Å². The van der Waals surface area contributed by atoms with Gasteiger partial charge < -0.3 is 15.7 Å². The molecule has 3 aliphatic carbocycles. The fraction of sp³-hybridized carbons (Fsp3) is 0.407. The van der Waals surface area contributed by atoms with Crippen LogP contribution in [0.25, 0.3) is 5.82 Å². The second-order valence-corrected chi connectivity index (χ2v) is 11.3. The number of fused-ring (bicyclic) bond motifs is 1. The molecular formula is C27H24Cl2F3N5O3. The fourth-order valence-corrected chi connectivity index (χ4v) is 6.03. The third kappa shape index (κ3) is 4.89. The number of aliphatic hydroxyl groups is 1. The molecule has 1 unspecified atom stereocenters. The van der Waals surface area contributed by atoms with Gasteiger partial charge in [-0.25, -0.2) is 9.67 Å². The van der Waals surface area contributed by atoms with Crippen molar-refractivity contribution in [2.75, 3.05) is 11.9 Å². The normalized spacial score (nSPS) is 19.4. The van der Waals surface area contributed by atoms with Crippen molar-refractivity contribution in [1.82, 2.24) is 20.1 Å². The highest BCUT2D eigenvalue weighted by Crippen LogP contribution is 2.53. The van der Waals surface area contributed by atoms with Gasteiger partial charge in [-0.1, -0.05) is 23.2 Å². The van der Waals surface area contributed by atoms with E-state index in [1.54, 1.807) is 6.07 Å². The van der Waals surface area contributed by atoms with Crippen LogP contribution >= 0.6 is 23.2 Å². The highest BCUT2D eigenvalue weighted by molar-refractivity contribution is 6.35. The van der Waals surface area contributed by atoms with Gasteiger partial charge in [0.2, 0.25) is 0 Å². The van der Waals surface area contributed by atoms with E-state index in [4.69, 9.17) is 23.2 Å². The largest absolute Gasteiger partial charge is 0.435 e. The molecule has 0 spiro atoms. The average Bonchev–Trinajstić information content (AvgIpc) is 3.82. The summed E-state index contributed by atoms with van der Waals surface area (Å²) in [6.07, 6.45) is 0.544. The topological polar surface area (TPSA) is 109 Å². The first-order chi connectivity index (χ1) is 19.0. The number of nitrogens with one attached hydrogen (secondary N) is 2. The van der Waals surface area contributed by atoms with E-state index in [0.717, 1.165) is 25.7 Å². The number of anilines is 1. The van der Waals surface area contributed by atoms with Crippen molar-refractivity contribution in [1.29, 1.82) is 0 Å². The van der Waals surface area contributed by atoms with Crippen molar-refractivity contribution in [2.45, 2.75) is 56.3 Å². The summed E-state index contributed by atoms with van der Waals surface area (Å²) in [7, 11) is 0. The van der Waals surface area contributed by atoms with E-state index in [1.165, 1.54) is 18.3 Å². The van der Waals surface area contributed by atoms with Gasteiger partial charge in [-0.3, -0.25) is 9.59 Å². The van der Waals surface area contributed by atoms with Crippen LogP contribution in [0.15, 0.2) is 30.5 Å². The average molecular weight is 594 g/mol. The standard InChI is InChI=1S/C27H24Cl2F3N5O3/c28-15-2-1-9-33-24(15)37-17(11-20(36-37)27(30,31)32)25(40)35-23-16(29)10-13-3-6-18(38)21(13)22(23)19(39)12-34-26(7-8-26)14-4-5-14/h1-2,9-11,14,18,34,38H,3-8,12H2,(H,35,40). The highest BCUT2D eigenvalue weighted by Gasteiger charge is 2.53. The molecule has 2 aromatic heterocycles. The zero-order valence-corrected chi connectivity index (χ0v) is 22.5. The van der Waals surface area contributed by atoms with Gasteiger partial charge in [-0.15, -0.1) is 0 Å². The van der Waals surface area contributed by atoms with Gasteiger partial charge in [-0.2, -0.15) is 18.3 Å². The van der Waals surface area contributed by atoms with Crippen LogP contribution in [-0.4, -0.2) is 43.6 Å². The zero-order chi connectivity index (χ0) is 28.4. The van der Waals surface area contributed by atoms with Crippen molar-refractivity contribution in [3.63, 3.8) is 0 Å². The maximum Gasteiger partial charge on any atom is 0.435 e. The summed E-state index contributed by atoms with van der Waals surface area (Å²) in [5.41, 5.74) is -0.868. The number of halogens is 5. The molecule has 13 heteroatoms. The summed E-state index contributed by atoms with van der Waals surface area (Å²) in [5.74, 6) is -1.04. The van der Waals surface area contributed by atoms with Gasteiger partial charge >= 0.3 is 6.18 Å². The summed E-state index contributed by atoms with van der Waals surface area (Å²) in [4.78, 5) is 31.2. The van der Waals surface area contributed by atoms with Crippen molar-refractivity contribution in [3.05, 3.63) is 68.6 Å². The lowest BCUT2D eigenvalue weighted by atomic mass is 9.95. The van der Waals surface area contributed by atoms with Gasteiger partial charge in [0.15, 0.2) is 17.3 Å². The number of aliphatic hydroxyl groups excluding tert-OH is 1. The molecule has 2 heterocycles. The van der Waals surface area contributed by atoms with Crippen LogP contribution in [0.3, 0.4) is 0 Å². The third-order valence-corrected chi connectivity index (χ3v) is 8.46. The number of amides is 1. The summed E-state index contributed by atoms with van der Waals surface area (Å²) < 4.78 is 41.5. The first kappa shape index (κ1) is 27.2. The molecule has 1 atom stereocenters. The molecule has 0 radical (unpaired) electrons. The summed E-state index contributed by atoms with van der Waals surface area (Å²) in [6.45, 7) is -0.0292. The Labute approximate surface area is 236 Å². The molecule has 0 saturated heterocycles. The number of carbonyl (C=O) groups is 2. The van der Waals surface area contributed by atoms with Crippen LogP contribution in [0.2, 0.25) is 10.0 Å². The second-order valence-electron chi connectivity index (χ2n) is 10.5. The lowest BCUT2D eigenvalue weighted by Gasteiger charge is -2.21. The van der Waals surface area contributed by atoms with E-state index >= 15 is 0 Å². The van der Waals surface area contributed by atoms with Gasteiger partial charge in [0.05, 0.1) is 33.9 Å². The number of aryl methyl sites for hydroxylation is 1. The van der Waals surface area contributed by atoms with E-state index in [0.29, 0.717) is 40.6 Å². The Bertz CT molecular complexity index is 1530. The Kier molecular flexibility index (Phi) is 6.68. The van der Waals surface area contributed by atoms with E-state index in [2.05, 4.69) is 20.7 Å². The van der Waals surface area contributed by atoms with Gasteiger partial charge in [-0.05, 0) is 73.8 Å². The molecule has 210 valence electrons. The number of rotatable bonds is 8. The molecule has 40 heavy (non-hydrogen) atoms. The van der Waals surface area contributed by atoms with E-state index in [1.807, 2.05) is 0 Å². The predicted octanol–water partition coefficient (Wildman–Crippen LogP) is 5.54. The van der Waals surface area contributed by atoms with Crippen LogP contribution in [0, 0.1) is 5.92 Å². The number of hydrogen-bond acceptors (Lipinski definition) is 6. The number of aromatic nitrogens is 3. The van der Waals surface area contributed by atoms with Crippen LogP contribution in [0.1, 0.15) is 75.9 Å². The van der Waals surface area contributed by atoms with Gasteiger partial charge in [0.25, 0.3) is 5.91 Å². The molecule has 1 aromatic carbocycles. The number of benzene rings is 1. The summed E-state index contributed by atoms with van der Waals surface area (Å²) in [5, 5.41) is 20.2. The van der Waals surface area contributed by atoms with E-state index in [9.17, 15) is 27.9 Å². The van der Waals surface area contributed by atoms with Crippen molar-refractivity contribution < 1.29 is 27.9 Å². The Balaban J connectivity index is 1.38. The van der Waals surface area contributed by atoms with Gasteiger partial charge in [0, 0.05) is 17.8 Å².